The van der Waals surface area contributed by atoms with Gasteiger partial charge in [0.05, 0.1) is 77.3 Å². The molecule has 1 heterocycles. The molecule has 0 spiro atoms. The molecule has 1 saturated heterocycles. The largest absolute Gasteiger partial charge is 1.00 e. The molecular formula is C20H40BNaO6. The van der Waals surface area contributed by atoms with E-state index in [1.54, 1.807) is 0 Å². The van der Waals surface area contributed by atoms with Crippen molar-refractivity contribution in [1.29, 1.82) is 0 Å². The van der Waals surface area contributed by atoms with E-state index in [4.69, 9.17) is 28.4 Å². The van der Waals surface area contributed by atoms with Crippen LogP contribution in [0.15, 0.2) is 0 Å². The standard InChI is InChI=1S/C20H36O6.BH4.Na/c1-2-6-18-17(5-1)23-13-9-21-11-15-25-19-7-3-4-8-20(19)26-16-12-22-10-14-24-18;;/h17-20H,1-16H2;1H4;/q;-1;+1. The van der Waals surface area contributed by atoms with Crippen LogP contribution >= 0.6 is 0 Å². The molecule has 0 radical (unpaired) electrons. The topological polar surface area (TPSA) is 55.4 Å². The molecule has 3 aliphatic rings. The van der Waals surface area contributed by atoms with E-state index >= 15 is 0 Å². The fraction of sp³-hybridized carbons (Fsp3) is 1.00. The van der Waals surface area contributed by atoms with Crippen LogP contribution in [0, 0.1) is 0 Å². The Hall–Kier alpha value is 0.825. The number of rotatable bonds is 0. The van der Waals surface area contributed by atoms with Gasteiger partial charge in [0.15, 0.2) is 0 Å². The molecule has 4 atom stereocenters. The van der Waals surface area contributed by atoms with Crippen LogP contribution in [-0.2, 0) is 28.4 Å². The maximum Gasteiger partial charge on any atom is 1.00 e. The third kappa shape index (κ3) is 9.75. The van der Waals surface area contributed by atoms with Crippen LogP contribution in [0.1, 0.15) is 51.4 Å². The van der Waals surface area contributed by atoms with Gasteiger partial charge in [-0.1, -0.05) is 34.1 Å². The van der Waals surface area contributed by atoms with Crippen molar-refractivity contribution in [3.63, 3.8) is 0 Å². The first kappa shape index (κ1) is 26.9. The summed E-state index contributed by atoms with van der Waals surface area (Å²) in [7, 11) is 0. The van der Waals surface area contributed by atoms with E-state index in [1.807, 2.05) is 0 Å². The predicted octanol–water partition coefficient (Wildman–Crippen LogP) is -1.73. The van der Waals surface area contributed by atoms with Gasteiger partial charge in [-0.15, -0.1) is 0 Å². The van der Waals surface area contributed by atoms with Crippen molar-refractivity contribution in [2.45, 2.75) is 75.8 Å². The van der Waals surface area contributed by atoms with E-state index < -0.39 is 0 Å². The minimum absolute atomic E-state index is 0. The minimum atomic E-state index is 0. The Morgan fingerprint density at radius 3 is 0.893 bits per heavy atom. The molecular weight excluding hydrogens is 370 g/mol. The van der Waals surface area contributed by atoms with E-state index in [-0.39, 0.29) is 62.4 Å². The van der Waals surface area contributed by atoms with Gasteiger partial charge in [-0.05, 0) is 25.7 Å². The summed E-state index contributed by atoms with van der Waals surface area (Å²) in [5.74, 6) is 0. The summed E-state index contributed by atoms with van der Waals surface area (Å²) in [4.78, 5) is 0. The SMILES string of the molecule is C1CCC2OCCOCCOC3CCCCC3OCCOCCOC2C1.[BH4-].[Na+]. The first-order valence-corrected chi connectivity index (χ1v) is 10.6. The quantitative estimate of drug-likeness (QED) is 0.443. The Morgan fingerprint density at radius 2 is 0.643 bits per heavy atom. The van der Waals surface area contributed by atoms with E-state index in [1.165, 1.54) is 25.7 Å². The summed E-state index contributed by atoms with van der Waals surface area (Å²) in [5.41, 5.74) is 0. The van der Waals surface area contributed by atoms with Crippen LogP contribution in [0.2, 0.25) is 0 Å². The number of ether oxygens (including phenoxy) is 6. The average Bonchev–Trinajstić information content (AvgIpc) is 2.68. The van der Waals surface area contributed by atoms with Gasteiger partial charge in [0.1, 0.15) is 0 Å². The van der Waals surface area contributed by atoms with Crippen LogP contribution in [0.3, 0.4) is 0 Å². The second-order valence-corrected chi connectivity index (χ2v) is 7.43. The third-order valence-electron chi connectivity index (χ3n) is 5.52. The van der Waals surface area contributed by atoms with E-state index in [9.17, 15) is 0 Å². The smallest absolute Gasteiger partial charge is 0.377 e. The van der Waals surface area contributed by atoms with Gasteiger partial charge in [0.2, 0.25) is 0 Å². The molecule has 3 fully saturated rings. The summed E-state index contributed by atoms with van der Waals surface area (Å²) in [6, 6.07) is 0. The zero-order chi connectivity index (χ0) is 17.9. The molecule has 2 saturated carbocycles. The minimum Gasteiger partial charge on any atom is -0.377 e. The molecule has 28 heavy (non-hydrogen) atoms. The predicted molar refractivity (Wildman–Crippen MR) is 109 cm³/mol. The van der Waals surface area contributed by atoms with Crippen molar-refractivity contribution in [2.75, 3.05) is 52.9 Å². The molecule has 1 aliphatic heterocycles. The van der Waals surface area contributed by atoms with Crippen LogP contribution in [0.5, 0.6) is 0 Å². The van der Waals surface area contributed by atoms with Crippen molar-refractivity contribution < 1.29 is 58.0 Å². The van der Waals surface area contributed by atoms with Gasteiger partial charge < -0.3 is 28.4 Å². The summed E-state index contributed by atoms with van der Waals surface area (Å²) in [6.07, 6.45) is 9.93. The van der Waals surface area contributed by atoms with Crippen molar-refractivity contribution in [2.24, 2.45) is 0 Å². The average molecular weight is 410 g/mol. The molecule has 6 nitrogen and oxygen atoms in total. The van der Waals surface area contributed by atoms with Crippen molar-refractivity contribution >= 4 is 8.41 Å². The molecule has 2 aliphatic carbocycles. The Labute approximate surface area is 194 Å². The molecule has 0 aromatic carbocycles. The Balaban J connectivity index is 0.00000196. The second-order valence-electron chi connectivity index (χ2n) is 7.43. The van der Waals surface area contributed by atoms with E-state index in [2.05, 4.69) is 0 Å². The Bertz CT molecular complexity index is 313. The second kappa shape index (κ2) is 16.5. The third-order valence-corrected chi connectivity index (χ3v) is 5.52. The summed E-state index contributed by atoms with van der Waals surface area (Å²) in [5, 5.41) is 0. The van der Waals surface area contributed by atoms with Gasteiger partial charge in [-0.3, -0.25) is 0 Å². The van der Waals surface area contributed by atoms with Crippen LogP contribution in [0.4, 0.5) is 0 Å². The Kier molecular flexibility index (Phi) is 15.8. The molecule has 8 heteroatoms. The molecule has 0 aromatic rings. The summed E-state index contributed by atoms with van der Waals surface area (Å²) < 4.78 is 35.5. The van der Waals surface area contributed by atoms with Crippen LogP contribution in [-0.4, -0.2) is 85.7 Å². The Morgan fingerprint density at radius 1 is 0.393 bits per heavy atom. The number of hydrogen-bond acceptors (Lipinski definition) is 6. The fourth-order valence-corrected chi connectivity index (χ4v) is 4.13. The van der Waals surface area contributed by atoms with Gasteiger partial charge in [0, 0.05) is 0 Å². The molecule has 0 amide bonds. The monoisotopic (exact) mass is 410 g/mol. The summed E-state index contributed by atoms with van der Waals surface area (Å²) >= 11 is 0. The van der Waals surface area contributed by atoms with Gasteiger partial charge in [-0.2, -0.15) is 0 Å². The molecule has 3 rings (SSSR count). The zero-order valence-electron chi connectivity index (χ0n) is 17.1. The molecule has 160 valence electrons. The molecule has 0 bridgehead atoms. The van der Waals surface area contributed by atoms with Crippen molar-refractivity contribution in [3.8, 4) is 0 Å². The van der Waals surface area contributed by atoms with Gasteiger partial charge in [-0.25, -0.2) is 0 Å². The maximum absolute atomic E-state index is 6.03. The normalized spacial score (nSPS) is 34.3. The van der Waals surface area contributed by atoms with Gasteiger partial charge >= 0.3 is 29.6 Å². The first-order chi connectivity index (χ1) is 12.9. The van der Waals surface area contributed by atoms with E-state index in [0.717, 1.165) is 25.7 Å². The van der Waals surface area contributed by atoms with Crippen molar-refractivity contribution in [1.82, 2.24) is 0 Å². The van der Waals surface area contributed by atoms with Crippen LogP contribution < -0.4 is 29.6 Å². The molecule has 0 aromatic heterocycles. The maximum atomic E-state index is 6.03. The molecule has 0 N–H and O–H groups in total. The fourth-order valence-electron chi connectivity index (χ4n) is 4.13. The first-order valence-electron chi connectivity index (χ1n) is 10.6. The summed E-state index contributed by atoms with van der Waals surface area (Å²) in [6.45, 7) is 4.93. The number of hydrogen-bond donors (Lipinski definition) is 0. The van der Waals surface area contributed by atoms with Gasteiger partial charge in [0.25, 0.3) is 0 Å². The van der Waals surface area contributed by atoms with Crippen molar-refractivity contribution in [3.05, 3.63) is 0 Å². The molecule has 4 unspecified atom stereocenters. The van der Waals surface area contributed by atoms with Crippen LogP contribution in [0.25, 0.3) is 0 Å². The van der Waals surface area contributed by atoms with E-state index in [0.29, 0.717) is 52.9 Å². The number of fused-ring (bicyclic) bond motifs is 2. The zero-order valence-corrected chi connectivity index (χ0v) is 19.1.